The van der Waals surface area contributed by atoms with E-state index in [9.17, 15) is 4.79 Å². The standard InChI is InChI=1S/C20H19N3O/c24-20(16-12-7-13-16)21-19-17(14-8-3-1-4-9-14)22-23-18(19)15-10-5-2-6-11-15/h1-6,8-11,16H,7,12-13H2,(H,21,24)(H,22,23). The van der Waals surface area contributed by atoms with Crippen molar-refractivity contribution in [3.8, 4) is 22.5 Å². The Hall–Kier alpha value is -2.88. The van der Waals surface area contributed by atoms with Crippen molar-refractivity contribution in [1.29, 1.82) is 0 Å². The van der Waals surface area contributed by atoms with Crippen LogP contribution >= 0.6 is 0 Å². The topological polar surface area (TPSA) is 57.8 Å². The third-order valence-corrected chi connectivity index (χ3v) is 4.60. The number of anilines is 1. The summed E-state index contributed by atoms with van der Waals surface area (Å²) in [5.41, 5.74) is 4.39. The smallest absolute Gasteiger partial charge is 0.227 e. The number of H-pyrrole nitrogens is 1. The highest BCUT2D eigenvalue weighted by molar-refractivity contribution is 6.00. The third-order valence-electron chi connectivity index (χ3n) is 4.60. The first kappa shape index (κ1) is 14.7. The Balaban J connectivity index is 1.77. The predicted molar refractivity (Wildman–Crippen MR) is 95.4 cm³/mol. The molecule has 1 saturated carbocycles. The van der Waals surface area contributed by atoms with Crippen molar-refractivity contribution in [2.45, 2.75) is 19.3 Å². The van der Waals surface area contributed by atoms with Gasteiger partial charge in [0, 0.05) is 17.0 Å². The maximum absolute atomic E-state index is 12.5. The lowest BCUT2D eigenvalue weighted by molar-refractivity contribution is -0.122. The lowest BCUT2D eigenvalue weighted by atomic mass is 9.84. The highest BCUT2D eigenvalue weighted by Gasteiger charge is 2.27. The average Bonchev–Trinajstić information content (AvgIpc) is 2.98. The molecule has 1 aromatic heterocycles. The summed E-state index contributed by atoms with van der Waals surface area (Å²) in [5.74, 6) is 0.226. The highest BCUT2D eigenvalue weighted by Crippen LogP contribution is 2.36. The molecule has 1 heterocycles. The van der Waals surface area contributed by atoms with E-state index in [1.807, 2.05) is 60.7 Å². The van der Waals surface area contributed by atoms with Crippen LogP contribution in [0, 0.1) is 5.92 Å². The monoisotopic (exact) mass is 317 g/mol. The van der Waals surface area contributed by atoms with E-state index in [0.29, 0.717) is 0 Å². The van der Waals surface area contributed by atoms with E-state index in [1.165, 1.54) is 0 Å². The Bertz CT molecular complexity index is 779. The Morgan fingerprint density at radius 1 is 0.958 bits per heavy atom. The number of nitrogens with one attached hydrogen (secondary N) is 2. The van der Waals surface area contributed by atoms with E-state index < -0.39 is 0 Å². The SMILES string of the molecule is O=C(Nc1c(-c2ccccc2)n[nH]c1-c1ccccc1)C1CCC1. The van der Waals surface area contributed by atoms with Gasteiger partial charge in [-0.1, -0.05) is 67.1 Å². The van der Waals surface area contributed by atoms with Gasteiger partial charge in [0.25, 0.3) is 0 Å². The summed E-state index contributed by atoms with van der Waals surface area (Å²) in [6, 6.07) is 19.9. The minimum atomic E-state index is 0.0945. The average molecular weight is 317 g/mol. The Morgan fingerprint density at radius 2 is 1.58 bits per heavy atom. The summed E-state index contributed by atoms with van der Waals surface area (Å²) in [5, 5.41) is 10.7. The molecule has 0 atom stereocenters. The van der Waals surface area contributed by atoms with Gasteiger partial charge in [-0.15, -0.1) is 0 Å². The molecule has 1 fully saturated rings. The van der Waals surface area contributed by atoms with Gasteiger partial charge in [-0.25, -0.2) is 0 Å². The number of nitrogens with zero attached hydrogens (tertiary/aromatic N) is 1. The number of hydrogen-bond acceptors (Lipinski definition) is 2. The predicted octanol–water partition coefficient (Wildman–Crippen LogP) is 4.48. The molecule has 2 N–H and O–H groups in total. The van der Waals surface area contributed by atoms with E-state index in [-0.39, 0.29) is 11.8 Å². The van der Waals surface area contributed by atoms with E-state index in [0.717, 1.165) is 47.5 Å². The molecule has 4 nitrogen and oxygen atoms in total. The molecule has 0 spiro atoms. The molecule has 0 saturated heterocycles. The van der Waals surface area contributed by atoms with Crippen LogP contribution in [0.2, 0.25) is 0 Å². The first-order valence-electron chi connectivity index (χ1n) is 8.33. The molecular weight excluding hydrogens is 298 g/mol. The van der Waals surface area contributed by atoms with Crippen LogP contribution < -0.4 is 5.32 Å². The number of aromatic amines is 1. The van der Waals surface area contributed by atoms with Gasteiger partial charge in [-0.2, -0.15) is 5.10 Å². The zero-order chi connectivity index (χ0) is 16.4. The molecule has 4 rings (SSSR count). The molecule has 0 aliphatic heterocycles. The first-order valence-corrected chi connectivity index (χ1v) is 8.33. The van der Waals surface area contributed by atoms with E-state index >= 15 is 0 Å². The van der Waals surface area contributed by atoms with Crippen LogP contribution in [0.5, 0.6) is 0 Å². The third kappa shape index (κ3) is 2.71. The second-order valence-corrected chi connectivity index (χ2v) is 6.17. The summed E-state index contributed by atoms with van der Waals surface area (Å²) in [6.45, 7) is 0. The van der Waals surface area contributed by atoms with Gasteiger partial charge in [0.05, 0.1) is 11.4 Å². The summed E-state index contributed by atoms with van der Waals surface area (Å²) in [4.78, 5) is 12.5. The summed E-state index contributed by atoms with van der Waals surface area (Å²) < 4.78 is 0. The second-order valence-electron chi connectivity index (χ2n) is 6.17. The number of hydrogen-bond donors (Lipinski definition) is 2. The molecule has 24 heavy (non-hydrogen) atoms. The normalized spacial score (nSPS) is 14.2. The molecule has 0 unspecified atom stereocenters. The number of aromatic nitrogens is 2. The van der Waals surface area contributed by atoms with Crippen LogP contribution in [0.1, 0.15) is 19.3 Å². The molecule has 0 radical (unpaired) electrons. The Kier molecular flexibility index (Phi) is 3.87. The largest absolute Gasteiger partial charge is 0.322 e. The van der Waals surface area contributed by atoms with Crippen molar-refractivity contribution in [2.24, 2.45) is 5.92 Å². The fourth-order valence-electron chi connectivity index (χ4n) is 2.98. The van der Waals surface area contributed by atoms with E-state index in [1.54, 1.807) is 0 Å². The number of carbonyl (C=O) groups excluding carboxylic acids is 1. The summed E-state index contributed by atoms with van der Waals surface area (Å²) >= 11 is 0. The minimum Gasteiger partial charge on any atom is -0.322 e. The molecule has 120 valence electrons. The van der Waals surface area contributed by atoms with E-state index in [4.69, 9.17) is 0 Å². The molecule has 2 aromatic carbocycles. The molecule has 1 aliphatic carbocycles. The van der Waals surface area contributed by atoms with Gasteiger partial charge < -0.3 is 5.32 Å². The van der Waals surface area contributed by atoms with Crippen LogP contribution in [0.15, 0.2) is 60.7 Å². The van der Waals surface area contributed by atoms with Gasteiger partial charge >= 0.3 is 0 Å². The fraction of sp³-hybridized carbons (Fsp3) is 0.200. The Morgan fingerprint density at radius 3 is 2.17 bits per heavy atom. The van der Waals surface area contributed by atoms with Crippen molar-refractivity contribution in [3.05, 3.63) is 60.7 Å². The summed E-state index contributed by atoms with van der Waals surface area (Å²) in [7, 11) is 0. The van der Waals surface area contributed by atoms with Crippen molar-refractivity contribution in [3.63, 3.8) is 0 Å². The fourth-order valence-corrected chi connectivity index (χ4v) is 2.98. The zero-order valence-corrected chi connectivity index (χ0v) is 13.3. The Labute approximate surface area is 140 Å². The highest BCUT2D eigenvalue weighted by atomic mass is 16.1. The van der Waals surface area contributed by atoms with Gasteiger partial charge in [0.2, 0.25) is 5.91 Å². The van der Waals surface area contributed by atoms with Gasteiger partial charge in [-0.3, -0.25) is 9.89 Å². The van der Waals surface area contributed by atoms with Gasteiger partial charge in [-0.05, 0) is 12.8 Å². The summed E-state index contributed by atoms with van der Waals surface area (Å²) in [6.07, 6.45) is 3.09. The lowest BCUT2D eigenvalue weighted by Gasteiger charge is -2.24. The molecular formula is C20H19N3O. The minimum absolute atomic E-state index is 0.0945. The number of carbonyl (C=O) groups is 1. The van der Waals surface area contributed by atoms with Crippen molar-refractivity contribution in [1.82, 2.24) is 10.2 Å². The number of amides is 1. The second kappa shape index (κ2) is 6.32. The van der Waals surface area contributed by atoms with Crippen molar-refractivity contribution in [2.75, 3.05) is 5.32 Å². The lowest BCUT2D eigenvalue weighted by Crippen LogP contribution is -2.28. The molecule has 1 aliphatic rings. The van der Waals surface area contributed by atoms with Crippen molar-refractivity contribution >= 4 is 11.6 Å². The van der Waals surface area contributed by atoms with Crippen LogP contribution in [-0.4, -0.2) is 16.1 Å². The van der Waals surface area contributed by atoms with Gasteiger partial charge in [0.15, 0.2) is 0 Å². The maximum atomic E-state index is 12.5. The zero-order valence-electron chi connectivity index (χ0n) is 13.3. The number of rotatable bonds is 4. The van der Waals surface area contributed by atoms with Crippen molar-refractivity contribution < 1.29 is 4.79 Å². The molecule has 1 amide bonds. The first-order chi connectivity index (χ1) is 11.8. The van der Waals surface area contributed by atoms with Crippen LogP contribution in [0.3, 0.4) is 0 Å². The van der Waals surface area contributed by atoms with Crippen LogP contribution in [0.25, 0.3) is 22.5 Å². The van der Waals surface area contributed by atoms with E-state index in [2.05, 4.69) is 15.5 Å². The quantitative estimate of drug-likeness (QED) is 0.745. The van der Waals surface area contributed by atoms with Gasteiger partial charge in [0.1, 0.15) is 5.69 Å². The maximum Gasteiger partial charge on any atom is 0.227 e. The molecule has 4 heteroatoms. The molecule has 0 bridgehead atoms. The molecule has 3 aromatic rings. The number of benzene rings is 2. The van der Waals surface area contributed by atoms with Crippen LogP contribution in [-0.2, 0) is 4.79 Å². The van der Waals surface area contributed by atoms with Crippen LogP contribution in [0.4, 0.5) is 5.69 Å².